The minimum absolute atomic E-state index is 0.195. The summed E-state index contributed by atoms with van der Waals surface area (Å²) in [7, 11) is 3.61. The van der Waals surface area contributed by atoms with Crippen LogP contribution in [-0.4, -0.2) is 37.5 Å². The zero-order chi connectivity index (χ0) is 12.0. The van der Waals surface area contributed by atoms with Crippen LogP contribution in [0.25, 0.3) is 0 Å². The summed E-state index contributed by atoms with van der Waals surface area (Å²) in [6.07, 6.45) is 7.94. The first kappa shape index (κ1) is 13.2. The molecule has 1 N–H and O–H groups in total. The number of amides is 1. The second kappa shape index (κ2) is 6.69. The molecule has 3 nitrogen and oxygen atoms in total. The van der Waals surface area contributed by atoms with E-state index in [0.717, 1.165) is 13.0 Å². The number of hydrogen-bond acceptors (Lipinski definition) is 2. The van der Waals surface area contributed by atoms with Crippen molar-refractivity contribution in [2.75, 3.05) is 20.6 Å². The van der Waals surface area contributed by atoms with Crippen molar-refractivity contribution in [3.63, 3.8) is 0 Å². The van der Waals surface area contributed by atoms with Gasteiger partial charge in [0.1, 0.15) is 0 Å². The van der Waals surface area contributed by atoms with Gasteiger partial charge in [-0.2, -0.15) is 0 Å². The van der Waals surface area contributed by atoms with Crippen LogP contribution in [0.2, 0.25) is 0 Å². The lowest BCUT2D eigenvalue weighted by Gasteiger charge is -2.16. The van der Waals surface area contributed by atoms with Gasteiger partial charge in [0.25, 0.3) is 0 Å². The number of nitrogens with one attached hydrogen (secondary N) is 1. The van der Waals surface area contributed by atoms with Crippen molar-refractivity contribution in [3.8, 4) is 0 Å². The zero-order valence-corrected chi connectivity index (χ0v) is 10.8. The number of rotatable bonds is 6. The standard InChI is InChI=1S/C13H24N2O/c1-11(10-13(16)15(2)3)14-9-8-12-6-4-5-7-12/h6,11,14H,4-5,7-10H2,1-3H3. The van der Waals surface area contributed by atoms with Gasteiger partial charge >= 0.3 is 0 Å². The Labute approximate surface area is 98.9 Å². The average molecular weight is 224 g/mol. The third-order valence-corrected chi connectivity index (χ3v) is 3.05. The van der Waals surface area contributed by atoms with E-state index >= 15 is 0 Å². The summed E-state index contributed by atoms with van der Waals surface area (Å²) in [6.45, 7) is 3.07. The van der Waals surface area contributed by atoms with Crippen molar-refractivity contribution in [3.05, 3.63) is 11.6 Å². The highest BCUT2D eigenvalue weighted by molar-refractivity contribution is 5.76. The molecule has 0 fully saturated rings. The first-order valence-electron chi connectivity index (χ1n) is 6.21. The number of carbonyl (C=O) groups is 1. The molecule has 92 valence electrons. The molecule has 0 aromatic heterocycles. The Balaban J connectivity index is 2.10. The molecule has 1 rings (SSSR count). The van der Waals surface area contributed by atoms with Crippen LogP contribution in [0, 0.1) is 0 Å². The van der Waals surface area contributed by atoms with Crippen molar-refractivity contribution in [2.24, 2.45) is 0 Å². The van der Waals surface area contributed by atoms with Gasteiger partial charge in [0, 0.05) is 26.6 Å². The molecular formula is C13H24N2O. The number of carbonyl (C=O) groups excluding carboxylic acids is 1. The Hall–Kier alpha value is -0.830. The minimum atomic E-state index is 0.195. The molecule has 1 aliphatic carbocycles. The molecule has 1 atom stereocenters. The lowest BCUT2D eigenvalue weighted by Crippen LogP contribution is -2.33. The van der Waals surface area contributed by atoms with Crippen LogP contribution in [0.4, 0.5) is 0 Å². The lowest BCUT2D eigenvalue weighted by atomic mass is 10.1. The average Bonchev–Trinajstić information content (AvgIpc) is 2.70. The third-order valence-electron chi connectivity index (χ3n) is 3.05. The zero-order valence-electron chi connectivity index (χ0n) is 10.8. The van der Waals surface area contributed by atoms with Crippen LogP contribution < -0.4 is 5.32 Å². The van der Waals surface area contributed by atoms with E-state index in [9.17, 15) is 4.79 Å². The highest BCUT2D eigenvalue weighted by Gasteiger charge is 2.10. The van der Waals surface area contributed by atoms with Gasteiger partial charge < -0.3 is 10.2 Å². The molecule has 0 saturated carbocycles. The Morgan fingerprint density at radius 3 is 2.88 bits per heavy atom. The summed E-state index contributed by atoms with van der Waals surface area (Å²) in [5.74, 6) is 0.195. The normalized spacial score (nSPS) is 17.1. The number of hydrogen-bond donors (Lipinski definition) is 1. The SMILES string of the molecule is CC(CC(=O)N(C)C)NCCC1=CCCC1. The van der Waals surface area contributed by atoms with Gasteiger partial charge in [-0.05, 0) is 39.2 Å². The summed E-state index contributed by atoms with van der Waals surface area (Å²) >= 11 is 0. The van der Waals surface area contributed by atoms with Crippen molar-refractivity contribution in [2.45, 2.75) is 45.1 Å². The largest absolute Gasteiger partial charge is 0.349 e. The Morgan fingerprint density at radius 1 is 1.56 bits per heavy atom. The predicted molar refractivity (Wildman–Crippen MR) is 67.3 cm³/mol. The summed E-state index contributed by atoms with van der Waals surface area (Å²) in [4.78, 5) is 13.1. The summed E-state index contributed by atoms with van der Waals surface area (Å²) in [5, 5.41) is 3.41. The van der Waals surface area contributed by atoms with Crippen molar-refractivity contribution in [1.29, 1.82) is 0 Å². The van der Waals surface area contributed by atoms with Gasteiger partial charge in [-0.1, -0.05) is 11.6 Å². The van der Waals surface area contributed by atoms with Crippen LogP contribution in [0.15, 0.2) is 11.6 Å². The quantitative estimate of drug-likeness (QED) is 0.699. The van der Waals surface area contributed by atoms with E-state index < -0.39 is 0 Å². The minimum Gasteiger partial charge on any atom is -0.349 e. The first-order valence-corrected chi connectivity index (χ1v) is 6.21. The molecule has 16 heavy (non-hydrogen) atoms. The topological polar surface area (TPSA) is 32.3 Å². The molecular weight excluding hydrogens is 200 g/mol. The van der Waals surface area contributed by atoms with Gasteiger partial charge in [-0.25, -0.2) is 0 Å². The number of allylic oxidation sites excluding steroid dienone is 1. The van der Waals surface area contributed by atoms with Crippen LogP contribution in [0.1, 0.15) is 39.0 Å². The molecule has 0 bridgehead atoms. The van der Waals surface area contributed by atoms with E-state index in [4.69, 9.17) is 0 Å². The molecule has 0 aliphatic heterocycles. The van der Waals surface area contributed by atoms with Gasteiger partial charge in [0.2, 0.25) is 5.91 Å². The maximum Gasteiger partial charge on any atom is 0.223 e. The molecule has 1 aliphatic rings. The van der Waals surface area contributed by atoms with Crippen molar-refractivity contribution >= 4 is 5.91 Å². The Bertz CT molecular complexity index is 259. The summed E-state index contributed by atoms with van der Waals surface area (Å²) in [6, 6.07) is 0.275. The van der Waals surface area contributed by atoms with E-state index in [1.54, 1.807) is 24.6 Å². The highest BCUT2D eigenvalue weighted by atomic mass is 16.2. The fourth-order valence-electron chi connectivity index (χ4n) is 1.96. The van der Waals surface area contributed by atoms with Crippen LogP contribution in [0.5, 0.6) is 0 Å². The fourth-order valence-corrected chi connectivity index (χ4v) is 1.96. The molecule has 0 spiro atoms. The van der Waals surface area contributed by atoms with Crippen LogP contribution in [-0.2, 0) is 4.79 Å². The second-order valence-corrected chi connectivity index (χ2v) is 4.85. The van der Waals surface area contributed by atoms with E-state index in [2.05, 4.69) is 18.3 Å². The molecule has 0 aromatic rings. The smallest absolute Gasteiger partial charge is 0.223 e. The monoisotopic (exact) mass is 224 g/mol. The fraction of sp³-hybridized carbons (Fsp3) is 0.769. The Kier molecular flexibility index (Phi) is 5.53. The molecule has 1 amide bonds. The van der Waals surface area contributed by atoms with Gasteiger partial charge in [-0.15, -0.1) is 0 Å². The molecule has 0 aromatic carbocycles. The summed E-state index contributed by atoms with van der Waals surface area (Å²) < 4.78 is 0. The second-order valence-electron chi connectivity index (χ2n) is 4.85. The molecule has 0 heterocycles. The van der Waals surface area contributed by atoms with Gasteiger partial charge in [-0.3, -0.25) is 4.79 Å². The highest BCUT2D eigenvalue weighted by Crippen LogP contribution is 2.19. The van der Waals surface area contributed by atoms with Crippen molar-refractivity contribution < 1.29 is 4.79 Å². The molecule has 0 radical (unpaired) electrons. The van der Waals surface area contributed by atoms with Crippen LogP contribution >= 0.6 is 0 Å². The molecule has 1 unspecified atom stereocenters. The maximum absolute atomic E-state index is 11.4. The van der Waals surface area contributed by atoms with Crippen LogP contribution in [0.3, 0.4) is 0 Å². The predicted octanol–water partition coefficient (Wildman–Crippen LogP) is 1.94. The van der Waals surface area contributed by atoms with Gasteiger partial charge in [0.15, 0.2) is 0 Å². The van der Waals surface area contributed by atoms with E-state index in [-0.39, 0.29) is 11.9 Å². The Morgan fingerprint density at radius 2 is 2.31 bits per heavy atom. The van der Waals surface area contributed by atoms with E-state index in [1.165, 1.54) is 19.3 Å². The third kappa shape index (κ3) is 4.79. The first-order chi connectivity index (χ1) is 7.59. The maximum atomic E-state index is 11.4. The lowest BCUT2D eigenvalue weighted by molar-refractivity contribution is -0.129. The molecule has 0 saturated heterocycles. The summed E-state index contributed by atoms with van der Waals surface area (Å²) in [5.41, 5.74) is 1.58. The number of nitrogens with zero attached hydrogens (tertiary/aromatic N) is 1. The van der Waals surface area contributed by atoms with E-state index in [0.29, 0.717) is 6.42 Å². The molecule has 3 heteroatoms. The van der Waals surface area contributed by atoms with Gasteiger partial charge in [0.05, 0.1) is 0 Å². The van der Waals surface area contributed by atoms with E-state index in [1.807, 2.05) is 0 Å². The van der Waals surface area contributed by atoms with Crippen molar-refractivity contribution in [1.82, 2.24) is 10.2 Å².